The minimum Gasteiger partial charge on any atom is -0.383 e. The lowest BCUT2D eigenvalue weighted by molar-refractivity contribution is 0.322. The topological polar surface area (TPSA) is 41.3 Å². The summed E-state index contributed by atoms with van der Waals surface area (Å²) in [6.45, 7) is 2.89. The molecule has 3 nitrogen and oxygen atoms in total. The number of likely N-dealkylation sites (tertiary alicyclic amines) is 1. The van der Waals surface area contributed by atoms with Gasteiger partial charge in [-0.25, -0.2) is 0 Å². The maximum atomic E-state index is 5.56. The van der Waals surface area contributed by atoms with Gasteiger partial charge < -0.3 is 16.0 Å². The minimum atomic E-state index is 0.617. The van der Waals surface area contributed by atoms with Crippen LogP contribution < -0.4 is 11.1 Å². The van der Waals surface area contributed by atoms with Gasteiger partial charge >= 0.3 is 0 Å². The van der Waals surface area contributed by atoms with Crippen LogP contribution in [-0.4, -0.2) is 31.1 Å². The van der Waals surface area contributed by atoms with E-state index in [9.17, 15) is 0 Å². The molecule has 0 radical (unpaired) electrons. The number of nitrogens with two attached hydrogens (primary N) is 1. The van der Waals surface area contributed by atoms with Gasteiger partial charge in [0.2, 0.25) is 0 Å². The molecule has 3 N–H and O–H groups in total. The van der Waals surface area contributed by atoms with E-state index in [4.69, 9.17) is 5.73 Å². The third kappa shape index (κ3) is 2.74. The zero-order valence-corrected chi connectivity index (χ0v) is 9.95. The van der Waals surface area contributed by atoms with E-state index < -0.39 is 0 Å². The van der Waals surface area contributed by atoms with Crippen LogP contribution in [0.25, 0.3) is 0 Å². The summed E-state index contributed by atoms with van der Waals surface area (Å²) in [6.07, 6.45) is 2.64. The summed E-state index contributed by atoms with van der Waals surface area (Å²) < 4.78 is 0. The smallest absolute Gasteiger partial charge is 0.0340 e. The predicted molar refractivity (Wildman–Crippen MR) is 68.5 cm³/mol. The molecule has 0 amide bonds. The van der Waals surface area contributed by atoms with Crippen molar-refractivity contribution in [1.29, 1.82) is 0 Å². The summed E-state index contributed by atoms with van der Waals surface area (Å²) in [5, 5.41) is 3.49. The molecule has 0 spiro atoms. The molecule has 1 unspecified atom stereocenters. The molecule has 0 saturated carbocycles. The van der Waals surface area contributed by atoms with E-state index >= 15 is 0 Å². The first-order valence-electron chi connectivity index (χ1n) is 6.02. The number of nitrogens with zero attached hydrogens (tertiary/aromatic N) is 1. The molecule has 0 aliphatic carbocycles. The van der Waals surface area contributed by atoms with Gasteiger partial charge in [-0.05, 0) is 44.1 Å². The van der Waals surface area contributed by atoms with Crippen LogP contribution in [0.1, 0.15) is 18.4 Å². The van der Waals surface area contributed by atoms with E-state index in [0.717, 1.165) is 6.54 Å². The fourth-order valence-corrected chi connectivity index (χ4v) is 2.23. The van der Waals surface area contributed by atoms with Crippen LogP contribution in [0, 0.1) is 0 Å². The van der Waals surface area contributed by atoms with Gasteiger partial charge in [-0.2, -0.15) is 0 Å². The molecule has 1 aliphatic heterocycles. The van der Waals surface area contributed by atoms with Crippen LogP contribution in [0.15, 0.2) is 24.3 Å². The Bertz CT molecular complexity index is 320. The normalized spacial score (nSPS) is 21.2. The Morgan fingerprint density at radius 3 is 2.69 bits per heavy atom. The lowest BCUT2D eigenvalue weighted by atomic mass is 10.2. The fourth-order valence-electron chi connectivity index (χ4n) is 2.23. The van der Waals surface area contributed by atoms with Gasteiger partial charge in [0.15, 0.2) is 0 Å². The van der Waals surface area contributed by atoms with E-state index in [-0.39, 0.29) is 0 Å². The molecule has 1 heterocycles. The quantitative estimate of drug-likeness (QED) is 0.809. The average Bonchev–Trinajstić information content (AvgIpc) is 2.73. The highest BCUT2D eigenvalue weighted by atomic mass is 15.2. The summed E-state index contributed by atoms with van der Waals surface area (Å²) >= 11 is 0. The van der Waals surface area contributed by atoms with Crippen LogP contribution in [-0.2, 0) is 6.54 Å². The molecular weight excluding hydrogens is 198 g/mol. The third-order valence-corrected chi connectivity index (χ3v) is 3.40. The second kappa shape index (κ2) is 5.32. The molecule has 16 heavy (non-hydrogen) atoms. The fraction of sp³-hybridized carbons (Fsp3) is 0.538. The molecule has 3 heteroatoms. The summed E-state index contributed by atoms with van der Waals surface area (Å²) in [7, 11) is 2.21. The van der Waals surface area contributed by atoms with Crippen molar-refractivity contribution in [3.05, 3.63) is 29.8 Å². The van der Waals surface area contributed by atoms with Crippen LogP contribution in [0.5, 0.6) is 0 Å². The molecule has 0 bridgehead atoms. The Labute approximate surface area is 97.6 Å². The molecule has 1 aromatic carbocycles. The third-order valence-electron chi connectivity index (χ3n) is 3.40. The highest BCUT2D eigenvalue weighted by Gasteiger charge is 2.19. The number of hydrogen-bond acceptors (Lipinski definition) is 3. The van der Waals surface area contributed by atoms with Crippen molar-refractivity contribution in [2.45, 2.75) is 25.4 Å². The van der Waals surface area contributed by atoms with E-state index in [1.54, 1.807) is 0 Å². The summed E-state index contributed by atoms with van der Waals surface area (Å²) in [6, 6.07) is 9.07. The van der Waals surface area contributed by atoms with E-state index in [1.807, 2.05) is 0 Å². The summed E-state index contributed by atoms with van der Waals surface area (Å²) in [5.41, 5.74) is 7.94. The minimum absolute atomic E-state index is 0.617. The molecular formula is C13H21N3. The first kappa shape index (κ1) is 11.4. The average molecular weight is 219 g/mol. The van der Waals surface area contributed by atoms with Crippen molar-refractivity contribution in [1.82, 2.24) is 4.90 Å². The number of likely N-dealkylation sites (N-methyl/N-ethyl adjacent to an activating group) is 1. The number of benzene rings is 1. The maximum absolute atomic E-state index is 5.56. The van der Waals surface area contributed by atoms with Gasteiger partial charge in [-0.1, -0.05) is 12.1 Å². The van der Waals surface area contributed by atoms with E-state index in [0.29, 0.717) is 12.6 Å². The van der Waals surface area contributed by atoms with Crippen LogP contribution >= 0.6 is 0 Å². The lowest BCUT2D eigenvalue weighted by Gasteiger charge is -2.20. The second-order valence-corrected chi connectivity index (χ2v) is 4.56. The SMILES string of the molecule is CN1CCCC1CNc1ccc(CN)cc1. The number of nitrogens with one attached hydrogen (secondary N) is 1. The highest BCUT2D eigenvalue weighted by molar-refractivity contribution is 5.44. The molecule has 88 valence electrons. The first-order valence-corrected chi connectivity index (χ1v) is 6.02. The van der Waals surface area contributed by atoms with Crippen molar-refractivity contribution in [3.8, 4) is 0 Å². The van der Waals surface area contributed by atoms with Gasteiger partial charge in [0.25, 0.3) is 0 Å². The maximum Gasteiger partial charge on any atom is 0.0340 e. The second-order valence-electron chi connectivity index (χ2n) is 4.56. The molecule has 2 rings (SSSR count). The Morgan fingerprint density at radius 2 is 2.12 bits per heavy atom. The van der Waals surface area contributed by atoms with Crippen LogP contribution in [0.2, 0.25) is 0 Å². The Kier molecular flexibility index (Phi) is 3.80. The van der Waals surface area contributed by atoms with Gasteiger partial charge in [0.1, 0.15) is 0 Å². The number of rotatable bonds is 4. The highest BCUT2D eigenvalue weighted by Crippen LogP contribution is 2.16. The summed E-state index contributed by atoms with van der Waals surface area (Å²) in [4.78, 5) is 2.43. The van der Waals surface area contributed by atoms with Gasteiger partial charge in [-0.15, -0.1) is 0 Å². The van der Waals surface area contributed by atoms with Crippen molar-refractivity contribution in [2.24, 2.45) is 5.73 Å². The largest absolute Gasteiger partial charge is 0.383 e. The molecule has 1 fully saturated rings. The standard InChI is InChI=1S/C13H21N3/c1-16-8-2-3-13(16)10-15-12-6-4-11(9-14)5-7-12/h4-7,13,15H,2-3,8-10,14H2,1H3. The molecule has 1 atom stereocenters. The molecule has 0 aromatic heterocycles. The van der Waals surface area contributed by atoms with Crippen LogP contribution in [0.4, 0.5) is 5.69 Å². The van der Waals surface area contributed by atoms with Crippen LogP contribution in [0.3, 0.4) is 0 Å². The summed E-state index contributed by atoms with van der Waals surface area (Å²) in [5.74, 6) is 0. The Morgan fingerprint density at radius 1 is 1.38 bits per heavy atom. The zero-order chi connectivity index (χ0) is 11.4. The van der Waals surface area contributed by atoms with E-state index in [1.165, 1.54) is 30.6 Å². The Hall–Kier alpha value is -1.06. The van der Waals surface area contributed by atoms with E-state index in [2.05, 4.69) is 41.5 Å². The number of hydrogen-bond donors (Lipinski definition) is 2. The molecule has 1 aromatic rings. The van der Waals surface area contributed by atoms with Gasteiger partial charge in [0, 0.05) is 24.8 Å². The van der Waals surface area contributed by atoms with Crippen molar-refractivity contribution in [3.63, 3.8) is 0 Å². The predicted octanol–water partition coefficient (Wildman–Crippen LogP) is 1.65. The Balaban J connectivity index is 1.84. The molecule has 1 aliphatic rings. The monoisotopic (exact) mass is 219 g/mol. The molecule has 1 saturated heterocycles. The van der Waals surface area contributed by atoms with Crippen molar-refractivity contribution >= 4 is 5.69 Å². The van der Waals surface area contributed by atoms with Gasteiger partial charge in [-0.3, -0.25) is 0 Å². The van der Waals surface area contributed by atoms with Crippen molar-refractivity contribution in [2.75, 3.05) is 25.5 Å². The first-order chi connectivity index (χ1) is 7.79. The number of anilines is 1. The lowest BCUT2D eigenvalue weighted by Crippen LogP contribution is -2.31. The zero-order valence-electron chi connectivity index (χ0n) is 9.95. The van der Waals surface area contributed by atoms with Gasteiger partial charge in [0.05, 0.1) is 0 Å². The van der Waals surface area contributed by atoms with Crippen molar-refractivity contribution < 1.29 is 0 Å².